The van der Waals surface area contributed by atoms with Crippen molar-refractivity contribution >= 4 is 23.3 Å². The number of carbonyl (C=O) groups excluding carboxylic acids is 3. The van der Waals surface area contributed by atoms with Gasteiger partial charge >= 0.3 is 5.97 Å². The van der Waals surface area contributed by atoms with Crippen molar-refractivity contribution in [1.82, 2.24) is 4.98 Å². The van der Waals surface area contributed by atoms with Crippen molar-refractivity contribution in [3.8, 4) is 11.3 Å². The van der Waals surface area contributed by atoms with E-state index in [-0.39, 0.29) is 5.78 Å². The molecule has 1 atom stereocenters. The van der Waals surface area contributed by atoms with Gasteiger partial charge in [0.2, 0.25) is 0 Å². The zero-order valence-corrected chi connectivity index (χ0v) is 15.3. The predicted octanol–water partition coefficient (Wildman–Crippen LogP) is 3.73. The van der Waals surface area contributed by atoms with Crippen molar-refractivity contribution in [3.63, 3.8) is 0 Å². The number of Topliss-reactive ketones (excluding diaryl/α,β-unsaturated/α-hetero) is 1. The number of esters is 1. The third kappa shape index (κ3) is 4.50. The number of ether oxygens (including phenoxy) is 1. The number of nitrogens with zero attached hydrogens (tertiary/aromatic N) is 1. The molecule has 1 aromatic heterocycles. The van der Waals surface area contributed by atoms with Gasteiger partial charge in [-0.1, -0.05) is 12.1 Å². The summed E-state index contributed by atoms with van der Waals surface area (Å²) in [4.78, 5) is 39.6. The maximum atomic E-state index is 12.3. The third-order valence-electron chi connectivity index (χ3n) is 4.05. The molecule has 2 aromatic carbocycles. The Kier molecular flexibility index (Phi) is 5.64. The number of hydrogen-bond acceptors (Lipinski definition) is 6. The van der Waals surface area contributed by atoms with Crippen LogP contribution in [0.25, 0.3) is 11.3 Å². The second kappa shape index (κ2) is 8.30. The van der Waals surface area contributed by atoms with E-state index < -0.39 is 18.0 Å². The molecule has 1 N–H and O–H groups in total. The maximum absolute atomic E-state index is 12.3. The highest BCUT2D eigenvalue weighted by atomic mass is 16.5. The van der Waals surface area contributed by atoms with Gasteiger partial charge in [-0.2, -0.15) is 0 Å². The minimum atomic E-state index is -0.992. The monoisotopic (exact) mass is 378 g/mol. The average Bonchev–Trinajstić information content (AvgIpc) is 3.23. The molecular weight excluding hydrogens is 360 g/mol. The summed E-state index contributed by atoms with van der Waals surface area (Å²) in [5.74, 6) is -0.557. The summed E-state index contributed by atoms with van der Waals surface area (Å²) in [7, 11) is 0. The molecular formula is C21H18N2O5. The first-order chi connectivity index (χ1) is 13.4. The number of hydrogen-bond donors (Lipinski definition) is 1. The molecule has 1 heterocycles. The van der Waals surface area contributed by atoms with Gasteiger partial charge in [-0.3, -0.25) is 9.59 Å². The molecule has 0 fully saturated rings. The number of anilines is 1. The number of carbonyl (C=O) groups is 3. The molecule has 7 nitrogen and oxygen atoms in total. The van der Waals surface area contributed by atoms with E-state index in [4.69, 9.17) is 9.15 Å². The molecule has 0 saturated carbocycles. The highest BCUT2D eigenvalue weighted by Crippen LogP contribution is 2.19. The van der Waals surface area contributed by atoms with Gasteiger partial charge in [-0.15, -0.1) is 0 Å². The van der Waals surface area contributed by atoms with Crippen LogP contribution in [0.2, 0.25) is 0 Å². The molecule has 0 aliphatic rings. The minimum Gasteiger partial charge on any atom is -0.449 e. The van der Waals surface area contributed by atoms with Gasteiger partial charge in [-0.25, -0.2) is 9.78 Å². The van der Waals surface area contributed by atoms with E-state index in [1.807, 2.05) is 0 Å². The van der Waals surface area contributed by atoms with Crippen LogP contribution in [0, 0.1) is 0 Å². The van der Waals surface area contributed by atoms with Crippen LogP contribution in [-0.2, 0) is 9.53 Å². The molecule has 0 spiro atoms. The lowest BCUT2D eigenvalue weighted by molar-refractivity contribution is -0.123. The van der Waals surface area contributed by atoms with Crippen LogP contribution in [-0.4, -0.2) is 28.7 Å². The van der Waals surface area contributed by atoms with Crippen LogP contribution >= 0.6 is 0 Å². The fourth-order valence-electron chi connectivity index (χ4n) is 2.44. The number of aromatic nitrogens is 1. The predicted molar refractivity (Wildman–Crippen MR) is 102 cm³/mol. The Balaban J connectivity index is 1.58. The minimum absolute atomic E-state index is 0.0606. The van der Waals surface area contributed by atoms with Gasteiger partial charge in [0.1, 0.15) is 0 Å². The van der Waals surface area contributed by atoms with Gasteiger partial charge in [0.25, 0.3) is 5.91 Å². The maximum Gasteiger partial charge on any atom is 0.338 e. The van der Waals surface area contributed by atoms with Gasteiger partial charge in [-0.05, 0) is 50.2 Å². The van der Waals surface area contributed by atoms with E-state index in [1.165, 1.54) is 20.2 Å². The molecule has 0 aliphatic carbocycles. The first-order valence-electron chi connectivity index (χ1n) is 8.56. The Morgan fingerprint density at radius 3 is 2.21 bits per heavy atom. The van der Waals surface area contributed by atoms with Gasteiger partial charge in [0, 0.05) is 16.8 Å². The second-order valence-electron chi connectivity index (χ2n) is 6.11. The molecule has 7 heteroatoms. The van der Waals surface area contributed by atoms with Crippen molar-refractivity contribution < 1.29 is 23.5 Å². The Bertz CT molecular complexity index is 977. The van der Waals surface area contributed by atoms with Gasteiger partial charge < -0.3 is 14.5 Å². The summed E-state index contributed by atoms with van der Waals surface area (Å²) in [5.41, 5.74) is 2.14. The summed E-state index contributed by atoms with van der Waals surface area (Å²) >= 11 is 0. The van der Waals surface area contributed by atoms with E-state index in [0.717, 1.165) is 5.56 Å². The van der Waals surface area contributed by atoms with Crippen LogP contribution in [0.1, 0.15) is 34.6 Å². The van der Waals surface area contributed by atoms with Crippen LogP contribution in [0.5, 0.6) is 0 Å². The van der Waals surface area contributed by atoms with Crippen molar-refractivity contribution in [2.75, 3.05) is 5.32 Å². The van der Waals surface area contributed by atoms with Crippen molar-refractivity contribution in [2.45, 2.75) is 20.0 Å². The quantitative estimate of drug-likeness (QED) is 0.518. The Morgan fingerprint density at radius 1 is 1.00 bits per heavy atom. The van der Waals surface area contributed by atoms with Crippen LogP contribution in [0.4, 0.5) is 5.69 Å². The van der Waals surface area contributed by atoms with Crippen LogP contribution in [0.15, 0.2) is 65.5 Å². The molecule has 0 bridgehead atoms. The lowest BCUT2D eigenvalue weighted by Gasteiger charge is -2.14. The third-order valence-corrected chi connectivity index (χ3v) is 4.05. The van der Waals surface area contributed by atoms with E-state index in [0.29, 0.717) is 22.6 Å². The lowest BCUT2D eigenvalue weighted by atomic mass is 10.1. The first-order valence-corrected chi connectivity index (χ1v) is 8.56. The number of amides is 1. The summed E-state index contributed by atoms with van der Waals surface area (Å²) in [5, 5.41) is 2.65. The topological polar surface area (TPSA) is 98.5 Å². The summed E-state index contributed by atoms with van der Waals surface area (Å²) in [6.07, 6.45) is 1.91. The van der Waals surface area contributed by atoms with E-state index in [1.54, 1.807) is 54.7 Å². The highest BCUT2D eigenvalue weighted by molar-refractivity contribution is 5.98. The Hall–Kier alpha value is -3.74. The standard InChI is InChI=1S/C21H18N2O5/c1-13(24)15-7-9-18(10-8-15)23-20(25)14(2)28-21(26)17-5-3-16(4-6-17)19-11-22-12-27-19/h3-12,14H,1-2H3,(H,23,25). The molecule has 3 aromatic rings. The number of benzene rings is 2. The van der Waals surface area contributed by atoms with E-state index in [2.05, 4.69) is 10.3 Å². The van der Waals surface area contributed by atoms with Gasteiger partial charge in [0.15, 0.2) is 24.0 Å². The molecule has 1 amide bonds. The molecule has 1 unspecified atom stereocenters. The Morgan fingerprint density at radius 2 is 1.64 bits per heavy atom. The fourth-order valence-corrected chi connectivity index (χ4v) is 2.44. The summed E-state index contributed by atoms with van der Waals surface area (Å²) < 4.78 is 10.4. The number of rotatable bonds is 6. The molecule has 0 saturated heterocycles. The molecule has 3 rings (SSSR count). The first kappa shape index (κ1) is 19.0. The number of nitrogens with one attached hydrogen (secondary N) is 1. The molecule has 0 radical (unpaired) electrons. The SMILES string of the molecule is CC(=O)c1ccc(NC(=O)C(C)OC(=O)c2ccc(-c3cnco3)cc2)cc1. The molecule has 28 heavy (non-hydrogen) atoms. The number of ketones is 1. The zero-order valence-electron chi connectivity index (χ0n) is 15.3. The van der Waals surface area contributed by atoms with E-state index >= 15 is 0 Å². The van der Waals surface area contributed by atoms with Crippen molar-refractivity contribution in [2.24, 2.45) is 0 Å². The second-order valence-corrected chi connectivity index (χ2v) is 6.11. The number of oxazole rings is 1. The molecule has 0 aliphatic heterocycles. The zero-order chi connectivity index (χ0) is 20.1. The highest BCUT2D eigenvalue weighted by Gasteiger charge is 2.19. The van der Waals surface area contributed by atoms with Crippen molar-refractivity contribution in [1.29, 1.82) is 0 Å². The van der Waals surface area contributed by atoms with E-state index in [9.17, 15) is 14.4 Å². The summed E-state index contributed by atoms with van der Waals surface area (Å²) in [6, 6.07) is 13.1. The lowest BCUT2D eigenvalue weighted by Crippen LogP contribution is -2.30. The van der Waals surface area contributed by atoms with Crippen molar-refractivity contribution in [3.05, 3.63) is 72.2 Å². The smallest absolute Gasteiger partial charge is 0.338 e. The fraction of sp³-hybridized carbons (Fsp3) is 0.143. The van der Waals surface area contributed by atoms with Crippen LogP contribution < -0.4 is 5.32 Å². The largest absolute Gasteiger partial charge is 0.449 e. The molecule has 142 valence electrons. The average molecular weight is 378 g/mol. The normalized spacial score (nSPS) is 11.5. The Labute approximate surface area is 161 Å². The van der Waals surface area contributed by atoms with Crippen LogP contribution in [0.3, 0.4) is 0 Å². The summed E-state index contributed by atoms with van der Waals surface area (Å²) in [6.45, 7) is 2.95. The van der Waals surface area contributed by atoms with Gasteiger partial charge in [0.05, 0.1) is 11.8 Å².